The van der Waals surface area contributed by atoms with Crippen LogP contribution in [0.5, 0.6) is 0 Å². The number of aromatic nitrogens is 1. The number of hydrogen-bond acceptors (Lipinski definition) is 3. The van der Waals surface area contributed by atoms with Crippen LogP contribution in [0, 0.1) is 6.92 Å². The third kappa shape index (κ3) is 3.67. The molecule has 0 radical (unpaired) electrons. The van der Waals surface area contributed by atoms with E-state index in [1.54, 1.807) is 31.2 Å². The number of hydrogen-bond donors (Lipinski definition) is 2. The molecule has 0 bridgehead atoms. The van der Waals surface area contributed by atoms with Crippen molar-refractivity contribution >= 4 is 40.1 Å². The molecule has 0 aliphatic rings. The molecule has 1 heterocycles. The number of fused-ring (bicyclic) bond motifs is 1. The van der Waals surface area contributed by atoms with Gasteiger partial charge in [0.15, 0.2) is 6.10 Å². The average molecular weight is 357 g/mol. The fraction of sp³-hybridized carbons (Fsp3) is 0.158. The minimum atomic E-state index is -0.947. The molecule has 25 heavy (non-hydrogen) atoms. The van der Waals surface area contributed by atoms with Gasteiger partial charge < -0.3 is 15.0 Å². The molecule has 1 aromatic heterocycles. The van der Waals surface area contributed by atoms with Gasteiger partial charge in [0.25, 0.3) is 5.91 Å². The maximum absolute atomic E-state index is 12.3. The molecule has 3 aromatic rings. The molecule has 2 N–H and O–H groups in total. The van der Waals surface area contributed by atoms with Gasteiger partial charge in [0.05, 0.1) is 0 Å². The Morgan fingerprint density at radius 3 is 2.68 bits per heavy atom. The maximum atomic E-state index is 12.3. The molecule has 0 unspecified atom stereocenters. The van der Waals surface area contributed by atoms with E-state index in [0.717, 1.165) is 16.5 Å². The van der Waals surface area contributed by atoms with Crippen LogP contribution in [-0.4, -0.2) is 23.0 Å². The van der Waals surface area contributed by atoms with E-state index in [-0.39, 0.29) is 0 Å². The lowest BCUT2D eigenvalue weighted by Gasteiger charge is -2.14. The number of carbonyl (C=O) groups excluding carboxylic acids is 2. The maximum Gasteiger partial charge on any atom is 0.355 e. The molecule has 6 heteroatoms. The number of rotatable bonds is 4. The summed E-state index contributed by atoms with van der Waals surface area (Å²) in [5, 5.41) is 4.18. The lowest BCUT2D eigenvalue weighted by atomic mass is 10.2. The molecule has 0 aliphatic carbocycles. The molecule has 128 valence electrons. The number of amides is 1. The van der Waals surface area contributed by atoms with Crippen molar-refractivity contribution in [3.8, 4) is 0 Å². The van der Waals surface area contributed by atoms with Crippen LogP contribution >= 0.6 is 11.6 Å². The fourth-order valence-electron chi connectivity index (χ4n) is 2.44. The van der Waals surface area contributed by atoms with Crippen LogP contribution in [-0.2, 0) is 9.53 Å². The van der Waals surface area contributed by atoms with E-state index in [9.17, 15) is 9.59 Å². The first kappa shape index (κ1) is 17.0. The van der Waals surface area contributed by atoms with Gasteiger partial charge in [0.2, 0.25) is 0 Å². The second-order valence-electron chi connectivity index (χ2n) is 5.72. The van der Waals surface area contributed by atoms with Gasteiger partial charge in [-0.05, 0) is 43.7 Å². The Labute approximate surface area is 149 Å². The van der Waals surface area contributed by atoms with Gasteiger partial charge in [-0.15, -0.1) is 0 Å². The number of halogens is 1. The predicted octanol–water partition coefficient (Wildman–Crippen LogP) is 4.31. The van der Waals surface area contributed by atoms with Gasteiger partial charge >= 0.3 is 5.97 Å². The standard InChI is InChI=1S/C19H17ClN2O3/c1-11-14(20)7-5-9-15(11)22-18(23)12(2)25-19(24)17-10-13-6-3-4-8-16(13)21-17/h3-10,12,21H,1-2H3,(H,22,23)/t12-/m1/s1. The Morgan fingerprint density at radius 2 is 1.92 bits per heavy atom. The number of nitrogens with one attached hydrogen (secondary N) is 2. The third-order valence-corrected chi connectivity index (χ3v) is 4.34. The summed E-state index contributed by atoms with van der Waals surface area (Å²) in [6.07, 6.45) is -0.947. The number of esters is 1. The van der Waals surface area contributed by atoms with Crippen LogP contribution in [0.4, 0.5) is 5.69 Å². The highest BCUT2D eigenvalue weighted by Gasteiger charge is 2.21. The number of benzene rings is 2. The van der Waals surface area contributed by atoms with Crippen molar-refractivity contribution in [1.82, 2.24) is 4.98 Å². The van der Waals surface area contributed by atoms with Gasteiger partial charge in [-0.3, -0.25) is 4.79 Å². The van der Waals surface area contributed by atoms with E-state index < -0.39 is 18.0 Å². The molecule has 0 spiro atoms. The largest absolute Gasteiger partial charge is 0.448 e. The van der Waals surface area contributed by atoms with Crippen molar-refractivity contribution in [2.75, 3.05) is 5.32 Å². The second-order valence-corrected chi connectivity index (χ2v) is 6.13. The van der Waals surface area contributed by atoms with Crippen molar-refractivity contribution in [3.05, 3.63) is 64.8 Å². The number of aromatic amines is 1. The van der Waals surface area contributed by atoms with Gasteiger partial charge in [-0.2, -0.15) is 0 Å². The predicted molar refractivity (Wildman–Crippen MR) is 98.0 cm³/mol. The minimum Gasteiger partial charge on any atom is -0.448 e. The van der Waals surface area contributed by atoms with Crippen molar-refractivity contribution in [2.24, 2.45) is 0 Å². The fourth-order valence-corrected chi connectivity index (χ4v) is 2.61. The van der Waals surface area contributed by atoms with Gasteiger partial charge in [-0.25, -0.2) is 4.79 Å². The molecular weight excluding hydrogens is 340 g/mol. The molecule has 0 saturated heterocycles. The summed E-state index contributed by atoms with van der Waals surface area (Å²) in [5.41, 5.74) is 2.48. The Balaban J connectivity index is 1.68. The Kier molecular flexibility index (Phi) is 4.76. The Bertz CT molecular complexity index is 916. The van der Waals surface area contributed by atoms with Crippen LogP contribution in [0.3, 0.4) is 0 Å². The van der Waals surface area contributed by atoms with Crippen molar-refractivity contribution in [2.45, 2.75) is 20.0 Å². The summed E-state index contributed by atoms with van der Waals surface area (Å²) >= 11 is 6.04. The summed E-state index contributed by atoms with van der Waals surface area (Å²) in [6.45, 7) is 3.33. The van der Waals surface area contributed by atoms with Crippen molar-refractivity contribution in [1.29, 1.82) is 0 Å². The third-order valence-electron chi connectivity index (χ3n) is 3.93. The van der Waals surface area contributed by atoms with E-state index in [4.69, 9.17) is 16.3 Å². The van der Waals surface area contributed by atoms with Crippen LogP contribution in [0.15, 0.2) is 48.5 Å². The molecule has 5 nitrogen and oxygen atoms in total. The molecule has 0 saturated carbocycles. The lowest BCUT2D eigenvalue weighted by Crippen LogP contribution is -2.30. The summed E-state index contributed by atoms with van der Waals surface area (Å²) in [4.78, 5) is 27.5. The second kappa shape index (κ2) is 6.99. The average Bonchev–Trinajstić information content (AvgIpc) is 3.03. The zero-order valence-corrected chi connectivity index (χ0v) is 14.6. The zero-order valence-electron chi connectivity index (χ0n) is 13.8. The topological polar surface area (TPSA) is 71.2 Å². The molecule has 1 atom stereocenters. The van der Waals surface area contributed by atoms with E-state index in [0.29, 0.717) is 16.4 Å². The highest BCUT2D eigenvalue weighted by Crippen LogP contribution is 2.23. The first-order chi connectivity index (χ1) is 12.0. The van der Waals surface area contributed by atoms with E-state index >= 15 is 0 Å². The van der Waals surface area contributed by atoms with Crippen molar-refractivity contribution in [3.63, 3.8) is 0 Å². The molecule has 0 fully saturated rings. The number of ether oxygens (including phenoxy) is 1. The first-order valence-electron chi connectivity index (χ1n) is 7.80. The molecular formula is C19H17ClN2O3. The van der Waals surface area contributed by atoms with E-state index in [1.165, 1.54) is 6.92 Å². The van der Waals surface area contributed by atoms with Gasteiger partial charge in [0, 0.05) is 21.6 Å². The molecule has 0 aliphatic heterocycles. The monoisotopic (exact) mass is 356 g/mol. The quantitative estimate of drug-likeness (QED) is 0.684. The normalized spacial score (nSPS) is 12.0. The van der Waals surface area contributed by atoms with Crippen molar-refractivity contribution < 1.29 is 14.3 Å². The van der Waals surface area contributed by atoms with Crippen LogP contribution < -0.4 is 5.32 Å². The first-order valence-corrected chi connectivity index (χ1v) is 8.18. The summed E-state index contributed by atoms with van der Waals surface area (Å²) in [5.74, 6) is -1.00. The Morgan fingerprint density at radius 1 is 1.16 bits per heavy atom. The lowest BCUT2D eigenvalue weighted by molar-refractivity contribution is -0.123. The molecule has 2 aromatic carbocycles. The smallest absolute Gasteiger partial charge is 0.355 e. The minimum absolute atomic E-state index is 0.305. The number of carbonyl (C=O) groups is 2. The summed E-state index contributed by atoms with van der Waals surface area (Å²) in [7, 11) is 0. The highest BCUT2D eigenvalue weighted by atomic mass is 35.5. The SMILES string of the molecule is Cc1c(Cl)cccc1NC(=O)[C@@H](C)OC(=O)c1cc2ccccc2[nH]1. The number of para-hydroxylation sites is 1. The number of anilines is 1. The van der Waals surface area contributed by atoms with Gasteiger partial charge in [-0.1, -0.05) is 35.9 Å². The van der Waals surface area contributed by atoms with Crippen LogP contribution in [0.25, 0.3) is 10.9 Å². The van der Waals surface area contributed by atoms with Crippen LogP contribution in [0.2, 0.25) is 5.02 Å². The van der Waals surface area contributed by atoms with Crippen LogP contribution in [0.1, 0.15) is 23.0 Å². The van der Waals surface area contributed by atoms with E-state index in [2.05, 4.69) is 10.3 Å². The van der Waals surface area contributed by atoms with E-state index in [1.807, 2.05) is 24.3 Å². The Hall–Kier alpha value is -2.79. The zero-order chi connectivity index (χ0) is 18.0. The number of H-pyrrole nitrogens is 1. The molecule has 1 amide bonds. The van der Waals surface area contributed by atoms with Gasteiger partial charge in [0.1, 0.15) is 5.69 Å². The molecule has 3 rings (SSSR count). The summed E-state index contributed by atoms with van der Waals surface area (Å²) < 4.78 is 5.25. The summed E-state index contributed by atoms with van der Waals surface area (Å²) in [6, 6.07) is 14.4. The highest BCUT2D eigenvalue weighted by molar-refractivity contribution is 6.31.